The first-order chi connectivity index (χ1) is 18.3. The molecule has 1 saturated carbocycles. The molecule has 8 heteroatoms. The maximum Gasteiger partial charge on any atom is 0.229 e. The van der Waals surface area contributed by atoms with Crippen LogP contribution in [-0.4, -0.2) is 27.7 Å². The number of anilines is 2. The SMILES string of the molecule is COc1cc(N2C(=S)N[C@H](c3ccccn3)[C@@H]2c2cccn2C2CCCCC2)ccc1NC(=O)C(C)(C)C. The highest BCUT2D eigenvalue weighted by Crippen LogP contribution is 2.45. The third-order valence-electron chi connectivity index (χ3n) is 7.57. The lowest BCUT2D eigenvalue weighted by Crippen LogP contribution is -2.31. The Labute approximate surface area is 230 Å². The van der Waals surface area contributed by atoms with E-state index in [4.69, 9.17) is 21.9 Å². The van der Waals surface area contributed by atoms with Crippen LogP contribution in [0.25, 0.3) is 0 Å². The molecule has 1 amide bonds. The number of nitrogens with one attached hydrogen (secondary N) is 2. The molecule has 0 unspecified atom stereocenters. The maximum atomic E-state index is 12.7. The molecule has 7 nitrogen and oxygen atoms in total. The number of aromatic nitrogens is 2. The molecule has 2 N–H and O–H groups in total. The van der Waals surface area contributed by atoms with Crippen LogP contribution in [-0.2, 0) is 4.79 Å². The molecule has 200 valence electrons. The predicted molar refractivity (Wildman–Crippen MR) is 156 cm³/mol. The molecule has 5 rings (SSSR count). The summed E-state index contributed by atoms with van der Waals surface area (Å²) in [6.07, 6.45) is 10.3. The number of hydrogen-bond donors (Lipinski definition) is 2. The van der Waals surface area contributed by atoms with Crippen molar-refractivity contribution in [2.24, 2.45) is 5.41 Å². The summed E-state index contributed by atoms with van der Waals surface area (Å²) < 4.78 is 8.18. The van der Waals surface area contributed by atoms with Gasteiger partial charge in [-0.2, -0.15) is 0 Å². The van der Waals surface area contributed by atoms with Crippen molar-refractivity contribution in [3.63, 3.8) is 0 Å². The molecule has 0 spiro atoms. The van der Waals surface area contributed by atoms with E-state index in [1.807, 2.05) is 57.3 Å². The minimum atomic E-state index is -0.518. The van der Waals surface area contributed by atoms with E-state index in [1.54, 1.807) is 7.11 Å². The van der Waals surface area contributed by atoms with Gasteiger partial charge < -0.3 is 24.8 Å². The number of thiocarbonyl (C=S) groups is 1. The zero-order valence-electron chi connectivity index (χ0n) is 22.6. The van der Waals surface area contributed by atoms with E-state index in [1.165, 1.54) is 37.8 Å². The molecule has 38 heavy (non-hydrogen) atoms. The quantitative estimate of drug-likeness (QED) is 0.351. The van der Waals surface area contributed by atoms with Crippen LogP contribution < -0.4 is 20.3 Å². The number of pyridine rings is 1. The molecule has 0 radical (unpaired) electrons. The molecule has 1 saturated heterocycles. The summed E-state index contributed by atoms with van der Waals surface area (Å²) in [5.41, 5.74) is 3.17. The van der Waals surface area contributed by atoms with E-state index in [0.717, 1.165) is 11.4 Å². The van der Waals surface area contributed by atoms with Gasteiger partial charge >= 0.3 is 0 Å². The fourth-order valence-electron chi connectivity index (χ4n) is 5.53. The smallest absolute Gasteiger partial charge is 0.229 e. The monoisotopic (exact) mass is 531 g/mol. The number of ether oxygens (including phenoxy) is 1. The van der Waals surface area contributed by atoms with E-state index < -0.39 is 5.41 Å². The minimum Gasteiger partial charge on any atom is -0.494 e. The molecule has 2 aliphatic rings. The van der Waals surface area contributed by atoms with E-state index in [9.17, 15) is 4.79 Å². The van der Waals surface area contributed by atoms with Crippen molar-refractivity contribution < 1.29 is 9.53 Å². The Kier molecular flexibility index (Phi) is 7.43. The summed E-state index contributed by atoms with van der Waals surface area (Å²) in [6.45, 7) is 5.67. The number of nitrogens with zero attached hydrogens (tertiary/aromatic N) is 3. The lowest BCUT2D eigenvalue weighted by atomic mass is 9.94. The average Bonchev–Trinajstić information content (AvgIpc) is 3.53. The Hall–Kier alpha value is -3.39. The molecule has 1 aliphatic heterocycles. The van der Waals surface area contributed by atoms with Gasteiger partial charge in [-0.3, -0.25) is 9.78 Å². The Morgan fingerprint density at radius 1 is 1.11 bits per heavy atom. The van der Waals surface area contributed by atoms with Gasteiger partial charge in [0.1, 0.15) is 11.8 Å². The van der Waals surface area contributed by atoms with Crippen LogP contribution in [0.1, 0.15) is 82.4 Å². The summed E-state index contributed by atoms with van der Waals surface area (Å²) in [5.74, 6) is 0.519. The van der Waals surface area contributed by atoms with Gasteiger partial charge in [0.25, 0.3) is 0 Å². The second kappa shape index (κ2) is 10.8. The number of amides is 1. The Morgan fingerprint density at radius 3 is 2.58 bits per heavy atom. The highest BCUT2D eigenvalue weighted by molar-refractivity contribution is 7.80. The third kappa shape index (κ3) is 5.14. The lowest BCUT2D eigenvalue weighted by molar-refractivity contribution is -0.123. The van der Waals surface area contributed by atoms with Crippen LogP contribution >= 0.6 is 12.2 Å². The first-order valence-electron chi connectivity index (χ1n) is 13.4. The molecule has 3 heterocycles. The highest BCUT2D eigenvalue weighted by atomic mass is 32.1. The second-order valence-electron chi connectivity index (χ2n) is 11.2. The average molecular weight is 532 g/mol. The van der Waals surface area contributed by atoms with Crippen LogP contribution in [0.15, 0.2) is 60.9 Å². The van der Waals surface area contributed by atoms with Crippen LogP contribution in [0, 0.1) is 5.41 Å². The second-order valence-corrected chi connectivity index (χ2v) is 11.6. The molecule has 0 bridgehead atoms. The maximum absolute atomic E-state index is 12.7. The topological polar surface area (TPSA) is 71.4 Å². The standard InChI is InChI=1S/C30H37N5O2S/c1-30(2,3)28(36)32-22-16-15-21(19-25(22)37-4)35-27(26(33-29(35)38)23-13-8-9-17-31-23)24-14-10-18-34(24)20-11-6-5-7-12-20/h8-10,13-20,26-27H,5-7,11-12H2,1-4H3,(H,32,36)(H,33,38)/t26-,27+/m1/s1. The van der Waals surface area contributed by atoms with Gasteiger partial charge in [-0.05, 0) is 61.5 Å². The van der Waals surface area contributed by atoms with Gasteiger partial charge in [-0.15, -0.1) is 0 Å². The minimum absolute atomic E-state index is 0.0692. The summed E-state index contributed by atoms with van der Waals surface area (Å²) in [4.78, 5) is 19.5. The summed E-state index contributed by atoms with van der Waals surface area (Å²) >= 11 is 5.95. The molecule has 2 atom stereocenters. The number of hydrogen-bond acceptors (Lipinski definition) is 4. The number of carbonyl (C=O) groups is 1. The number of rotatable bonds is 6. The van der Waals surface area contributed by atoms with Gasteiger partial charge in [-0.1, -0.05) is 46.1 Å². The van der Waals surface area contributed by atoms with Crippen molar-refractivity contribution >= 4 is 34.6 Å². The van der Waals surface area contributed by atoms with Gasteiger partial charge in [0.2, 0.25) is 5.91 Å². The largest absolute Gasteiger partial charge is 0.494 e. The molecule has 3 aromatic rings. The third-order valence-corrected chi connectivity index (χ3v) is 7.89. The Bertz CT molecular complexity index is 1290. The first-order valence-corrected chi connectivity index (χ1v) is 13.9. The number of carbonyl (C=O) groups excluding carboxylic acids is 1. The van der Waals surface area contributed by atoms with Crippen molar-refractivity contribution in [1.29, 1.82) is 0 Å². The molecule has 1 aromatic carbocycles. The zero-order chi connectivity index (χ0) is 26.9. The summed E-state index contributed by atoms with van der Waals surface area (Å²) in [7, 11) is 1.62. The van der Waals surface area contributed by atoms with Crippen LogP contribution in [0.4, 0.5) is 11.4 Å². The van der Waals surface area contributed by atoms with Crippen LogP contribution in [0.2, 0.25) is 0 Å². The van der Waals surface area contributed by atoms with Crippen molar-refractivity contribution in [2.75, 3.05) is 17.3 Å². The van der Waals surface area contributed by atoms with E-state index >= 15 is 0 Å². The van der Waals surface area contributed by atoms with E-state index in [0.29, 0.717) is 22.6 Å². The van der Waals surface area contributed by atoms with Crippen molar-refractivity contribution in [3.05, 3.63) is 72.3 Å². The summed E-state index contributed by atoms with van der Waals surface area (Å²) in [5, 5.41) is 7.21. The fraction of sp³-hybridized carbons (Fsp3) is 0.433. The van der Waals surface area contributed by atoms with Gasteiger partial charge in [0.05, 0.1) is 24.5 Å². The van der Waals surface area contributed by atoms with Crippen LogP contribution in [0.5, 0.6) is 5.75 Å². The predicted octanol–water partition coefficient (Wildman–Crippen LogP) is 6.56. The van der Waals surface area contributed by atoms with Crippen LogP contribution in [0.3, 0.4) is 0 Å². The molecule has 2 fully saturated rings. The van der Waals surface area contributed by atoms with Gasteiger partial charge in [0.15, 0.2) is 5.11 Å². The van der Waals surface area contributed by atoms with Crippen molar-refractivity contribution in [3.8, 4) is 5.75 Å². The first kappa shape index (κ1) is 26.2. The molecule has 2 aromatic heterocycles. The fourth-order valence-corrected chi connectivity index (χ4v) is 5.87. The van der Waals surface area contributed by atoms with Gasteiger partial charge in [0, 0.05) is 41.3 Å². The van der Waals surface area contributed by atoms with Crippen molar-refractivity contribution in [1.82, 2.24) is 14.9 Å². The summed E-state index contributed by atoms with van der Waals surface area (Å²) in [6, 6.07) is 16.5. The van der Waals surface area contributed by atoms with E-state index in [-0.39, 0.29) is 18.0 Å². The Balaban J connectivity index is 1.56. The number of benzene rings is 1. The van der Waals surface area contributed by atoms with E-state index in [2.05, 4.69) is 44.5 Å². The molecular formula is C30H37N5O2S. The van der Waals surface area contributed by atoms with Crippen molar-refractivity contribution in [2.45, 2.75) is 71.0 Å². The lowest BCUT2D eigenvalue weighted by Gasteiger charge is -2.32. The zero-order valence-corrected chi connectivity index (χ0v) is 23.4. The molecular weight excluding hydrogens is 494 g/mol. The Morgan fingerprint density at radius 2 is 1.89 bits per heavy atom. The normalized spacial score (nSPS) is 20.3. The molecule has 1 aliphatic carbocycles. The highest BCUT2D eigenvalue weighted by Gasteiger charge is 2.42. The van der Waals surface area contributed by atoms with Gasteiger partial charge in [-0.25, -0.2) is 0 Å². The number of methoxy groups -OCH3 is 1.